The van der Waals surface area contributed by atoms with E-state index in [-0.39, 0.29) is 0 Å². The van der Waals surface area contributed by atoms with Crippen LogP contribution in [-0.2, 0) is 13.1 Å². The molecule has 4 rings (SSSR count). The van der Waals surface area contributed by atoms with Crippen LogP contribution in [0.3, 0.4) is 0 Å². The van der Waals surface area contributed by atoms with Gasteiger partial charge < -0.3 is 25.5 Å². The summed E-state index contributed by atoms with van der Waals surface area (Å²) in [6.07, 6.45) is 1.92. The van der Waals surface area contributed by atoms with Gasteiger partial charge in [-0.05, 0) is 24.3 Å². The van der Waals surface area contributed by atoms with Crippen LogP contribution in [-0.4, -0.2) is 33.0 Å². The SMILES string of the molecule is C=C(NC)c1nc(-c2cccc(N)c2)n2c1CN(C(=C)c1ccc[nH]1)CC2. The zero-order valence-electron chi connectivity index (χ0n) is 15.5. The average Bonchev–Trinajstić information content (AvgIpc) is 3.34. The zero-order valence-corrected chi connectivity index (χ0v) is 15.5. The van der Waals surface area contributed by atoms with Crippen LogP contribution in [0.2, 0.25) is 0 Å². The molecule has 0 bridgehead atoms. The molecule has 0 unspecified atom stereocenters. The van der Waals surface area contributed by atoms with Crippen molar-refractivity contribution >= 4 is 17.1 Å². The third-order valence-electron chi connectivity index (χ3n) is 5.03. The molecule has 0 amide bonds. The second-order valence-corrected chi connectivity index (χ2v) is 6.69. The Balaban J connectivity index is 1.75. The summed E-state index contributed by atoms with van der Waals surface area (Å²) < 4.78 is 2.27. The maximum absolute atomic E-state index is 5.99. The monoisotopic (exact) mass is 360 g/mol. The van der Waals surface area contributed by atoms with Gasteiger partial charge >= 0.3 is 0 Å². The van der Waals surface area contributed by atoms with Crippen molar-refractivity contribution in [2.75, 3.05) is 19.3 Å². The van der Waals surface area contributed by atoms with Crippen LogP contribution in [0.1, 0.15) is 17.1 Å². The van der Waals surface area contributed by atoms with Crippen molar-refractivity contribution in [3.8, 4) is 11.4 Å². The molecular formula is C21H24N6. The summed E-state index contributed by atoms with van der Waals surface area (Å²) in [5.74, 6) is 0.925. The molecule has 0 spiro atoms. The van der Waals surface area contributed by atoms with E-state index in [0.717, 1.165) is 65.2 Å². The van der Waals surface area contributed by atoms with Crippen molar-refractivity contribution in [3.63, 3.8) is 0 Å². The van der Waals surface area contributed by atoms with E-state index in [2.05, 4.69) is 32.9 Å². The normalized spacial score (nSPS) is 13.3. The van der Waals surface area contributed by atoms with Crippen molar-refractivity contribution in [1.82, 2.24) is 24.8 Å². The lowest BCUT2D eigenvalue weighted by Gasteiger charge is -2.32. The number of nitrogens with one attached hydrogen (secondary N) is 2. The number of aromatic amines is 1. The Morgan fingerprint density at radius 1 is 1.22 bits per heavy atom. The first-order valence-corrected chi connectivity index (χ1v) is 8.98. The minimum Gasteiger partial charge on any atom is -0.399 e. The molecule has 0 radical (unpaired) electrons. The summed E-state index contributed by atoms with van der Waals surface area (Å²) in [4.78, 5) is 10.4. The second kappa shape index (κ2) is 6.72. The topological polar surface area (TPSA) is 74.9 Å². The standard InChI is InChI=1S/C21H24N6/c1-14(23-3)20-19-13-26(15(2)18-8-5-9-24-18)10-11-27(19)21(25-20)16-6-4-7-17(22)12-16/h4-9,12,23-24H,1-2,10-11,13,22H2,3H3. The Labute approximate surface area is 159 Å². The van der Waals surface area contributed by atoms with Gasteiger partial charge in [0.05, 0.1) is 29.3 Å². The average molecular weight is 360 g/mol. The van der Waals surface area contributed by atoms with Gasteiger partial charge in [-0.1, -0.05) is 25.3 Å². The highest BCUT2D eigenvalue weighted by Crippen LogP contribution is 2.31. The predicted octanol–water partition coefficient (Wildman–Crippen LogP) is 3.14. The Kier molecular flexibility index (Phi) is 4.24. The van der Waals surface area contributed by atoms with Crippen molar-refractivity contribution in [2.45, 2.75) is 13.1 Å². The molecule has 3 aromatic rings. The fourth-order valence-electron chi connectivity index (χ4n) is 3.54. The third-order valence-corrected chi connectivity index (χ3v) is 5.03. The number of anilines is 1. The number of rotatable bonds is 5. The molecule has 4 N–H and O–H groups in total. The number of nitrogens with zero attached hydrogens (tertiary/aromatic N) is 3. The van der Waals surface area contributed by atoms with Crippen LogP contribution in [0, 0.1) is 0 Å². The lowest BCUT2D eigenvalue weighted by molar-refractivity contribution is 0.320. The first-order valence-electron chi connectivity index (χ1n) is 8.98. The molecular weight excluding hydrogens is 336 g/mol. The molecule has 6 nitrogen and oxygen atoms in total. The summed E-state index contributed by atoms with van der Waals surface area (Å²) in [7, 11) is 1.87. The maximum Gasteiger partial charge on any atom is 0.141 e. The zero-order chi connectivity index (χ0) is 19.0. The van der Waals surface area contributed by atoms with Crippen molar-refractivity contribution in [2.24, 2.45) is 0 Å². The van der Waals surface area contributed by atoms with Crippen LogP contribution in [0.25, 0.3) is 22.8 Å². The molecule has 6 heteroatoms. The summed E-state index contributed by atoms with van der Waals surface area (Å²) in [6, 6.07) is 11.9. The molecule has 2 aromatic heterocycles. The van der Waals surface area contributed by atoms with Crippen molar-refractivity contribution < 1.29 is 0 Å². The number of aromatic nitrogens is 3. The molecule has 0 aliphatic carbocycles. The van der Waals surface area contributed by atoms with Crippen molar-refractivity contribution in [1.29, 1.82) is 0 Å². The molecule has 1 aliphatic rings. The predicted molar refractivity (Wildman–Crippen MR) is 110 cm³/mol. The van der Waals surface area contributed by atoms with Gasteiger partial charge in [-0.25, -0.2) is 4.98 Å². The molecule has 3 heterocycles. The summed E-state index contributed by atoms with van der Waals surface area (Å²) >= 11 is 0. The number of imidazole rings is 1. The van der Waals surface area contributed by atoms with Crippen LogP contribution in [0.15, 0.2) is 55.8 Å². The second-order valence-electron chi connectivity index (χ2n) is 6.69. The van der Waals surface area contributed by atoms with Gasteiger partial charge in [-0.2, -0.15) is 0 Å². The largest absolute Gasteiger partial charge is 0.399 e. The van der Waals surface area contributed by atoms with E-state index in [1.54, 1.807) is 0 Å². The molecule has 0 saturated carbocycles. The quantitative estimate of drug-likeness (QED) is 0.611. The van der Waals surface area contributed by atoms with Gasteiger partial charge in [-0.15, -0.1) is 0 Å². The highest BCUT2D eigenvalue weighted by molar-refractivity contribution is 5.69. The molecule has 138 valence electrons. The fraction of sp³-hybridized carbons (Fsp3) is 0.190. The first kappa shape index (κ1) is 17.0. The van der Waals surface area contributed by atoms with Gasteiger partial charge in [0.2, 0.25) is 0 Å². The number of benzene rings is 1. The van der Waals surface area contributed by atoms with E-state index in [0.29, 0.717) is 0 Å². The first-order chi connectivity index (χ1) is 13.1. The van der Waals surface area contributed by atoms with E-state index in [1.165, 1.54) is 0 Å². The highest BCUT2D eigenvalue weighted by Gasteiger charge is 2.26. The fourth-order valence-corrected chi connectivity index (χ4v) is 3.54. The van der Waals surface area contributed by atoms with Gasteiger partial charge in [-0.3, -0.25) is 0 Å². The van der Waals surface area contributed by atoms with Crippen LogP contribution in [0.4, 0.5) is 5.69 Å². The van der Waals surface area contributed by atoms with Gasteiger partial charge in [0.1, 0.15) is 11.5 Å². The molecule has 0 saturated heterocycles. The lowest BCUT2D eigenvalue weighted by Crippen LogP contribution is -2.33. The Morgan fingerprint density at radius 2 is 2.07 bits per heavy atom. The molecule has 27 heavy (non-hydrogen) atoms. The maximum atomic E-state index is 5.99. The van der Waals surface area contributed by atoms with Crippen LogP contribution < -0.4 is 11.1 Å². The van der Waals surface area contributed by atoms with E-state index >= 15 is 0 Å². The number of hydrogen-bond donors (Lipinski definition) is 3. The summed E-state index contributed by atoms with van der Waals surface area (Å²) in [5, 5.41) is 3.14. The van der Waals surface area contributed by atoms with Gasteiger partial charge in [0.15, 0.2) is 0 Å². The Hall–Kier alpha value is -3.41. The number of nitrogens with two attached hydrogens (primary N) is 1. The van der Waals surface area contributed by atoms with E-state index in [4.69, 9.17) is 10.7 Å². The molecule has 1 aromatic carbocycles. The van der Waals surface area contributed by atoms with E-state index in [9.17, 15) is 0 Å². The van der Waals surface area contributed by atoms with E-state index < -0.39 is 0 Å². The van der Waals surface area contributed by atoms with E-state index in [1.807, 2.05) is 49.6 Å². The smallest absolute Gasteiger partial charge is 0.141 e. The van der Waals surface area contributed by atoms with Crippen LogP contribution >= 0.6 is 0 Å². The number of nitrogen functional groups attached to an aromatic ring is 1. The molecule has 0 atom stereocenters. The van der Waals surface area contributed by atoms with Crippen molar-refractivity contribution in [3.05, 3.63) is 72.8 Å². The Bertz CT molecular complexity index is 996. The third kappa shape index (κ3) is 2.99. The van der Waals surface area contributed by atoms with Gasteiger partial charge in [0.25, 0.3) is 0 Å². The Morgan fingerprint density at radius 3 is 2.78 bits per heavy atom. The van der Waals surface area contributed by atoms with Crippen LogP contribution in [0.5, 0.6) is 0 Å². The number of fused-ring (bicyclic) bond motifs is 1. The minimum atomic E-state index is 0.725. The lowest BCUT2D eigenvalue weighted by atomic mass is 10.1. The summed E-state index contributed by atoms with van der Waals surface area (Å²) in [5.41, 5.74) is 12.6. The molecule has 0 fully saturated rings. The summed E-state index contributed by atoms with van der Waals surface area (Å²) in [6.45, 7) is 10.8. The highest BCUT2D eigenvalue weighted by atomic mass is 15.2. The number of H-pyrrole nitrogens is 1. The minimum absolute atomic E-state index is 0.725. The number of hydrogen-bond acceptors (Lipinski definition) is 4. The molecule has 1 aliphatic heterocycles. The van der Waals surface area contributed by atoms with Gasteiger partial charge in [0, 0.05) is 37.6 Å².